The molecule has 1 aromatic carbocycles. The van der Waals surface area contributed by atoms with Gasteiger partial charge in [0.25, 0.3) is 5.91 Å². The Balaban J connectivity index is 1.78. The molecule has 1 aliphatic heterocycles. The summed E-state index contributed by atoms with van der Waals surface area (Å²) in [5.41, 5.74) is 1.02. The Morgan fingerprint density at radius 3 is 2.36 bits per heavy atom. The largest absolute Gasteiger partial charge is 0.475 e. The normalized spacial score (nSPS) is 15.0. The van der Waals surface area contributed by atoms with Crippen molar-refractivity contribution in [3.8, 4) is 0 Å². The van der Waals surface area contributed by atoms with Gasteiger partial charge in [-0.15, -0.1) is 0 Å². The van der Waals surface area contributed by atoms with Crippen LogP contribution in [-0.2, 0) is 11.3 Å². The van der Waals surface area contributed by atoms with Gasteiger partial charge in [-0.3, -0.25) is 4.79 Å². The Kier molecular flexibility index (Phi) is 5.50. The molecule has 1 aliphatic rings. The Labute approximate surface area is 146 Å². The molecular weight excluding hydrogens is 322 g/mol. The van der Waals surface area contributed by atoms with Crippen LogP contribution in [0.1, 0.15) is 39.5 Å². The summed E-state index contributed by atoms with van der Waals surface area (Å²) in [4.78, 5) is 25.6. The van der Waals surface area contributed by atoms with E-state index in [2.05, 4.69) is 0 Å². The van der Waals surface area contributed by atoms with Gasteiger partial charge in [-0.05, 0) is 36.5 Å². The van der Waals surface area contributed by atoms with Crippen molar-refractivity contribution in [2.24, 2.45) is 5.92 Å². The van der Waals surface area contributed by atoms with Crippen LogP contribution in [-0.4, -0.2) is 41.6 Å². The summed E-state index contributed by atoms with van der Waals surface area (Å²) >= 11 is 0. The molecule has 1 fully saturated rings. The highest BCUT2D eigenvalue weighted by Crippen LogP contribution is 2.20. The minimum Gasteiger partial charge on any atom is -0.475 e. The number of nitrogens with zero attached hydrogens (tertiary/aromatic N) is 1. The van der Waals surface area contributed by atoms with E-state index in [4.69, 9.17) is 14.3 Å². The SMILES string of the molecule is O=C(O)c1ccc(C(=O)N(Cc2ccccc2)CC2CCOCC2)o1. The van der Waals surface area contributed by atoms with Gasteiger partial charge in [0, 0.05) is 26.3 Å². The zero-order chi connectivity index (χ0) is 17.6. The summed E-state index contributed by atoms with van der Waals surface area (Å²) in [6.07, 6.45) is 1.83. The standard InChI is InChI=1S/C19H21NO5/c21-18(16-6-7-17(25-16)19(22)23)20(12-14-4-2-1-3-5-14)13-15-8-10-24-11-9-15/h1-7,15H,8-13H2,(H,22,23). The average Bonchev–Trinajstić information content (AvgIpc) is 3.13. The number of carbonyl (C=O) groups excluding carboxylic acids is 1. The van der Waals surface area contributed by atoms with Crippen molar-refractivity contribution in [1.29, 1.82) is 0 Å². The van der Waals surface area contributed by atoms with Gasteiger partial charge in [0.1, 0.15) is 0 Å². The molecule has 132 valence electrons. The number of amides is 1. The lowest BCUT2D eigenvalue weighted by molar-refractivity contribution is 0.0429. The van der Waals surface area contributed by atoms with Gasteiger partial charge < -0.3 is 19.2 Å². The van der Waals surface area contributed by atoms with Crippen LogP contribution in [0, 0.1) is 5.92 Å². The zero-order valence-electron chi connectivity index (χ0n) is 13.9. The Morgan fingerprint density at radius 1 is 1.04 bits per heavy atom. The Morgan fingerprint density at radius 2 is 1.72 bits per heavy atom. The van der Waals surface area contributed by atoms with Crippen LogP contribution in [0.4, 0.5) is 0 Å². The van der Waals surface area contributed by atoms with Gasteiger partial charge in [0.15, 0.2) is 5.76 Å². The summed E-state index contributed by atoms with van der Waals surface area (Å²) in [7, 11) is 0. The predicted octanol–water partition coefficient (Wildman–Crippen LogP) is 3.05. The summed E-state index contributed by atoms with van der Waals surface area (Å²) in [6, 6.07) is 12.5. The number of carbonyl (C=O) groups is 2. The van der Waals surface area contributed by atoms with E-state index in [1.807, 2.05) is 30.3 Å². The van der Waals surface area contributed by atoms with Crippen molar-refractivity contribution in [3.05, 3.63) is 59.5 Å². The number of rotatable bonds is 6. The number of benzene rings is 1. The highest BCUT2D eigenvalue weighted by atomic mass is 16.5. The van der Waals surface area contributed by atoms with Gasteiger partial charge >= 0.3 is 5.97 Å². The van der Waals surface area contributed by atoms with Gasteiger partial charge in [-0.2, -0.15) is 0 Å². The lowest BCUT2D eigenvalue weighted by Gasteiger charge is -2.29. The van der Waals surface area contributed by atoms with Crippen LogP contribution in [0.5, 0.6) is 0 Å². The average molecular weight is 343 g/mol. The summed E-state index contributed by atoms with van der Waals surface area (Å²) < 4.78 is 10.6. The van der Waals surface area contributed by atoms with Gasteiger partial charge in [-0.1, -0.05) is 30.3 Å². The molecule has 0 aliphatic carbocycles. The van der Waals surface area contributed by atoms with E-state index in [1.54, 1.807) is 4.90 Å². The Hall–Kier alpha value is -2.60. The lowest BCUT2D eigenvalue weighted by atomic mass is 9.99. The van der Waals surface area contributed by atoms with E-state index in [-0.39, 0.29) is 17.4 Å². The number of hydrogen-bond acceptors (Lipinski definition) is 4. The highest BCUT2D eigenvalue weighted by molar-refractivity contribution is 5.93. The fourth-order valence-electron chi connectivity index (χ4n) is 2.99. The first-order chi connectivity index (χ1) is 12.1. The highest BCUT2D eigenvalue weighted by Gasteiger charge is 2.25. The second-order valence-electron chi connectivity index (χ2n) is 6.20. The van der Waals surface area contributed by atoms with E-state index < -0.39 is 5.97 Å². The number of hydrogen-bond donors (Lipinski definition) is 1. The molecule has 2 heterocycles. The molecule has 1 amide bonds. The molecular formula is C19H21NO5. The number of aromatic carboxylic acids is 1. The maximum absolute atomic E-state index is 12.9. The van der Waals surface area contributed by atoms with E-state index in [1.165, 1.54) is 12.1 Å². The zero-order valence-corrected chi connectivity index (χ0v) is 13.9. The van der Waals surface area contributed by atoms with Crippen molar-refractivity contribution in [3.63, 3.8) is 0 Å². The van der Waals surface area contributed by atoms with Crippen LogP contribution in [0.2, 0.25) is 0 Å². The molecule has 0 unspecified atom stereocenters. The molecule has 0 spiro atoms. The summed E-state index contributed by atoms with van der Waals surface area (Å²) in [6.45, 7) is 2.48. The molecule has 0 saturated carbocycles. The molecule has 0 radical (unpaired) electrons. The molecule has 1 saturated heterocycles. The van der Waals surface area contributed by atoms with E-state index in [0.717, 1.165) is 18.4 Å². The van der Waals surface area contributed by atoms with Crippen LogP contribution in [0.15, 0.2) is 46.9 Å². The number of furan rings is 1. The first-order valence-corrected chi connectivity index (χ1v) is 8.37. The minimum atomic E-state index is -1.18. The third-order valence-corrected chi connectivity index (χ3v) is 4.35. The molecule has 6 heteroatoms. The summed E-state index contributed by atoms with van der Waals surface area (Å²) in [5, 5.41) is 8.98. The third kappa shape index (κ3) is 4.48. The van der Waals surface area contributed by atoms with Gasteiger partial charge in [0.2, 0.25) is 5.76 Å². The maximum Gasteiger partial charge on any atom is 0.371 e. The van der Waals surface area contributed by atoms with Crippen molar-refractivity contribution in [2.45, 2.75) is 19.4 Å². The monoisotopic (exact) mass is 343 g/mol. The predicted molar refractivity (Wildman–Crippen MR) is 90.4 cm³/mol. The smallest absolute Gasteiger partial charge is 0.371 e. The molecule has 0 bridgehead atoms. The van der Waals surface area contributed by atoms with Crippen LogP contribution >= 0.6 is 0 Å². The topological polar surface area (TPSA) is 80.0 Å². The molecule has 2 aromatic rings. The third-order valence-electron chi connectivity index (χ3n) is 4.35. The fourth-order valence-corrected chi connectivity index (χ4v) is 2.99. The van der Waals surface area contributed by atoms with Crippen molar-refractivity contribution >= 4 is 11.9 Å². The molecule has 25 heavy (non-hydrogen) atoms. The first kappa shape index (κ1) is 17.2. The number of carboxylic acid groups (broad SMARTS) is 1. The molecule has 6 nitrogen and oxygen atoms in total. The maximum atomic E-state index is 12.9. The minimum absolute atomic E-state index is 0.0559. The first-order valence-electron chi connectivity index (χ1n) is 8.37. The fraction of sp³-hybridized carbons (Fsp3) is 0.368. The van der Waals surface area contributed by atoms with Crippen molar-refractivity contribution in [2.75, 3.05) is 19.8 Å². The molecule has 1 N–H and O–H groups in total. The lowest BCUT2D eigenvalue weighted by Crippen LogP contribution is -2.36. The van der Waals surface area contributed by atoms with E-state index >= 15 is 0 Å². The summed E-state index contributed by atoms with van der Waals surface area (Å²) in [5.74, 6) is -1.27. The number of ether oxygens (including phenoxy) is 1. The van der Waals surface area contributed by atoms with Crippen LogP contribution < -0.4 is 0 Å². The van der Waals surface area contributed by atoms with E-state index in [9.17, 15) is 9.59 Å². The quantitative estimate of drug-likeness (QED) is 0.872. The van der Waals surface area contributed by atoms with Gasteiger partial charge in [0.05, 0.1) is 0 Å². The van der Waals surface area contributed by atoms with Crippen LogP contribution in [0.3, 0.4) is 0 Å². The molecule has 3 rings (SSSR count). The van der Waals surface area contributed by atoms with Gasteiger partial charge in [-0.25, -0.2) is 4.79 Å². The van der Waals surface area contributed by atoms with Crippen molar-refractivity contribution in [1.82, 2.24) is 4.90 Å². The van der Waals surface area contributed by atoms with E-state index in [0.29, 0.717) is 32.2 Å². The second kappa shape index (κ2) is 7.98. The molecule has 1 aromatic heterocycles. The Bertz CT molecular complexity index is 718. The number of carboxylic acids is 1. The van der Waals surface area contributed by atoms with Crippen LogP contribution in [0.25, 0.3) is 0 Å². The molecule has 0 atom stereocenters. The second-order valence-corrected chi connectivity index (χ2v) is 6.20. The van der Waals surface area contributed by atoms with Crippen molar-refractivity contribution < 1.29 is 23.8 Å².